The molecule has 3 heterocycles. The van der Waals surface area contributed by atoms with Crippen LogP contribution in [0.15, 0.2) is 34.1 Å². The first-order valence-electron chi connectivity index (χ1n) is 9.23. The summed E-state index contributed by atoms with van der Waals surface area (Å²) in [5.41, 5.74) is 6.63. The molecule has 1 saturated heterocycles. The van der Waals surface area contributed by atoms with E-state index in [1.165, 1.54) is 18.2 Å². The first-order chi connectivity index (χ1) is 13.7. The van der Waals surface area contributed by atoms with Gasteiger partial charge in [0.05, 0.1) is 18.8 Å². The van der Waals surface area contributed by atoms with E-state index in [0.717, 1.165) is 6.07 Å². The second-order valence-corrected chi connectivity index (χ2v) is 9.12. The van der Waals surface area contributed by atoms with Crippen LogP contribution in [-0.4, -0.2) is 48.7 Å². The molecule has 4 rings (SSSR count). The number of aryl methyl sites for hydroxylation is 1. The smallest absolute Gasteiger partial charge is 0.215 e. The molecule has 0 amide bonds. The number of nitrogens with two attached hydrogens (primary N) is 1. The molecule has 0 spiro atoms. The van der Waals surface area contributed by atoms with Gasteiger partial charge in [-0.2, -0.15) is 0 Å². The number of halogens is 1. The number of rotatable bonds is 3. The normalized spacial score (nSPS) is 20.3. The molecule has 3 N–H and O–H groups in total. The van der Waals surface area contributed by atoms with Gasteiger partial charge in [-0.05, 0) is 32.9 Å². The number of H-pyrrole nitrogens is 1. The van der Waals surface area contributed by atoms with Crippen molar-refractivity contribution in [1.82, 2.24) is 15.0 Å². The van der Waals surface area contributed by atoms with E-state index in [4.69, 9.17) is 10.5 Å². The van der Waals surface area contributed by atoms with Gasteiger partial charge < -0.3 is 20.4 Å². The predicted molar refractivity (Wildman–Crippen MR) is 107 cm³/mol. The Kier molecular flexibility index (Phi) is 4.70. The van der Waals surface area contributed by atoms with E-state index in [1.807, 2.05) is 18.7 Å². The number of aromatic nitrogens is 3. The first kappa shape index (κ1) is 19.6. The summed E-state index contributed by atoms with van der Waals surface area (Å²) in [5.74, 6) is 0.000837. The second kappa shape index (κ2) is 6.96. The average Bonchev–Trinajstić information content (AvgIpc) is 2.99. The van der Waals surface area contributed by atoms with Crippen molar-refractivity contribution in [1.29, 1.82) is 0 Å². The summed E-state index contributed by atoms with van der Waals surface area (Å²) < 4.78 is 46.4. The molecule has 1 aliphatic heterocycles. The Labute approximate surface area is 167 Å². The fraction of sp³-hybridized carbons (Fsp3) is 0.368. The Balaban J connectivity index is 1.96. The highest BCUT2D eigenvalue weighted by molar-refractivity contribution is 7.92. The fourth-order valence-electron chi connectivity index (χ4n) is 3.61. The summed E-state index contributed by atoms with van der Waals surface area (Å²) in [7, 11) is -4.24. The number of hydrogen-bond donors (Lipinski definition) is 2. The molecular weight excluding hydrogens is 397 g/mol. The number of anilines is 2. The van der Waals surface area contributed by atoms with Gasteiger partial charge in [-0.25, -0.2) is 22.8 Å². The molecule has 0 saturated carbocycles. The maximum absolute atomic E-state index is 14.3. The molecule has 0 aliphatic carbocycles. The number of fused-ring (bicyclic) bond motifs is 1. The molecule has 1 fully saturated rings. The molecular formula is C19H22FN5O3S. The van der Waals surface area contributed by atoms with Crippen molar-refractivity contribution < 1.29 is 17.5 Å². The highest BCUT2D eigenvalue weighted by atomic mass is 32.2. The maximum Gasteiger partial charge on any atom is 0.215 e. The van der Waals surface area contributed by atoms with E-state index in [1.54, 1.807) is 6.92 Å². The van der Waals surface area contributed by atoms with Gasteiger partial charge in [0, 0.05) is 6.54 Å². The molecule has 0 unspecified atom stereocenters. The lowest BCUT2D eigenvalue weighted by Gasteiger charge is -2.37. The van der Waals surface area contributed by atoms with Crippen molar-refractivity contribution in [2.75, 3.05) is 23.8 Å². The number of aromatic amines is 1. The van der Waals surface area contributed by atoms with Gasteiger partial charge in [0.2, 0.25) is 9.84 Å². The second-order valence-electron chi connectivity index (χ2n) is 7.27. The molecule has 0 bridgehead atoms. The van der Waals surface area contributed by atoms with Crippen LogP contribution in [-0.2, 0) is 14.6 Å². The molecule has 0 radical (unpaired) electrons. The number of nitrogens with one attached hydrogen (secondary N) is 1. The minimum Gasteiger partial charge on any atom is -0.384 e. The third-order valence-electron chi connectivity index (χ3n) is 5.00. The fourth-order valence-corrected chi connectivity index (χ4v) is 5.15. The van der Waals surface area contributed by atoms with E-state index < -0.39 is 20.5 Å². The molecule has 154 valence electrons. The van der Waals surface area contributed by atoms with Crippen LogP contribution < -0.4 is 10.6 Å². The quantitative estimate of drug-likeness (QED) is 0.670. The van der Waals surface area contributed by atoms with Gasteiger partial charge in [-0.1, -0.05) is 12.1 Å². The Hall–Kier alpha value is -2.72. The molecule has 2 atom stereocenters. The van der Waals surface area contributed by atoms with E-state index in [-0.39, 0.29) is 28.4 Å². The minimum atomic E-state index is -4.24. The summed E-state index contributed by atoms with van der Waals surface area (Å²) in [6.45, 7) is 6.74. The van der Waals surface area contributed by atoms with E-state index in [2.05, 4.69) is 15.0 Å². The standard InChI is InChI=1S/C19H22FN5O3S/c1-10-9-28-11(2)8-25(10)19-16-15(22-12(3)23-19)17(18(21)24-16)29(26,27)14-7-5-4-6-13(14)20/h4-7,10-11,24H,8-9,21H2,1-3H3/t10-,11-/m0/s1. The Morgan fingerprint density at radius 2 is 2.00 bits per heavy atom. The van der Waals surface area contributed by atoms with Crippen molar-refractivity contribution in [3.63, 3.8) is 0 Å². The topological polar surface area (TPSA) is 114 Å². The van der Waals surface area contributed by atoms with Crippen LogP contribution >= 0.6 is 0 Å². The lowest BCUT2D eigenvalue weighted by molar-refractivity contribution is 0.0341. The maximum atomic E-state index is 14.3. The molecule has 2 aromatic heterocycles. The summed E-state index contributed by atoms with van der Waals surface area (Å²) in [4.78, 5) is 13.2. The molecule has 1 aliphatic rings. The number of ether oxygens (including phenoxy) is 1. The number of sulfone groups is 1. The van der Waals surface area contributed by atoms with Crippen molar-refractivity contribution >= 4 is 32.5 Å². The van der Waals surface area contributed by atoms with Crippen molar-refractivity contribution in [2.24, 2.45) is 0 Å². The van der Waals surface area contributed by atoms with Gasteiger partial charge in [0.15, 0.2) is 5.82 Å². The zero-order valence-electron chi connectivity index (χ0n) is 16.3. The number of nitrogen functional groups attached to an aromatic ring is 1. The molecule has 29 heavy (non-hydrogen) atoms. The minimum absolute atomic E-state index is 0.00884. The zero-order valence-corrected chi connectivity index (χ0v) is 17.1. The Morgan fingerprint density at radius 3 is 2.72 bits per heavy atom. The summed E-state index contributed by atoms with van der Waals surface area (Å²) >= 11 is 0. The third kappa shape index (κ3) is 3.22. The van der Waals surface area contributed by atoms with Gasteiger partial charge in [-0.3, -0.25) is 0 Å². The van der Waals surface area contributed by atoms with E-state index >= 15 is 0 Å². The van der Waals surface area contributed by atoms with Crippen LogP contribution in [0.1, 0.15) is 19.7 Å². The molecule has 3 aromatic rings. The Bertz CT molecular complexity index is 1190. The van der Waals surface area contributed by atoms with Crippen LogP contribution in [0.5, 0.6) is 0 Å². The van der Waals surface area contributed by atoms with Crippen LogP contribution in [0.25, 0.3) is 11.0 Å². The average molecular weight is 419 g/mol. The first-order valence-corrected chi connectivity index (χ1v) is 10.7. The SMILES string of the molecule is Cc1nc(N2C[C@H](C)OC[C@@H]2C)c2[nH]c(N)c(S(=O)(=O)c3ccccc3F)c2n1. The van der Waals surface area contributed by atoms with Crippen LogP contribution in [0.2, 0.25) is 0 Å². The van der Waals surface area contributed by atoms with Gasteiger partial charge in [0.1, 0.15) is 38.3 Å². The van der Waals surface area contributed by atoms with Crippen molar-refractivity contribution in [2.45, 2.75) is 42.7 Å². The zero-order chi connectivity index (χ0) is 20.9. The monoisotopic (exact) mass is 419 g/mol. The third-order valence-corrected chi connectivity index (χ3v) is 6.86. The largest absolute Gasteiger partial charge is 0.384 e. The van der Waals surface area contributed by atoms with Crippen LogP contribution in [0.4, 0.5) is 16.0 Å². The lowest BCUT2D eigenvalue weighted by atomic mass is 10.2. The summed E-state index contributed by atoms with van der Waals surface area (Å²) in [5, 5.41) is 0. The van der Waals surface area contributed by atoms with Crippen LogP contribution in [0.3, 0.4) is 0 Å². The van der Waals surface area contributed by atoms with Crippen molar-refractivity contribution in [3.8, 4) is 0 Å². The Morgan fingerprint density at radius 1 is 1.28 bits per heavy atom. The van der Waals surface area contributed by atoms with Gasteiger partial charge >= 0.3 is 0 Å². The number of nitrogens with zero attached hydrogens (tertiary/aromatic N) is 3. The molecule has 1 aromatic carbocycles. The highest BCUT2D eigenvalue weighted by Gasteiger charge is 2.33. The van der Waals surface area contributed by atoms with Gasteiger partial charge in [-0.15, -0.1) is 0 Å². The molecule has 8 nitrogen and oxygen atoms in total. The number of morpholine rings is 1. The molecule has 10 heteroatoms. The number of hydrogen-bond acceptors (Lipinski definition) is 7. The van der Waals surface area contributed by atoms with Crippen molar-refractivity contribution in [3.05, 3.63) is 35.9 Å². The summed E-state index contributed by atoms with van der Waals surface area (Å²) in [6.07, 6.45) is -0.00884. The van der Waals surface area contributed by atoms with Crippen LogP contribution in [0, 0.1) is 12.7 Å². The summed E-state index contributed by atoms with van der Waals surface area (Å²) in [6, 6.07) is 5.23. The lowest BCUT2D eigenvalue weighted by Crippen LogP contribution is -2.48. The predicted octanol–water partition coefficient (Wildman–Crippen LogP) is 2.43. The highest BCUT2D eigenvalue weighted by Crippen LogP contribution is 2.37. The van der Waals surface area contributed by atoms with Gasteiger partial charge in [0.25, 0.3) is 0 Å². The van der Waals surface area contributed by atoms with E-state index in [0.29, 0.717) is 30.3 Å². The van der Waals surface area contributed by atoms with E-state index in [9.17, 15) is 12.8 Å². The number of benzene rings is 1.